The molecule has 2 rings (SSSR count). The number of hydrogen-bond acceptors (Lipinski definition) is 4. The van der Waals surface area contributed by atoms with Crippen LogP contribution in [0.3, 0.4) is 0 Å². The van der Waals surface area contributed by atoms with E-state index in [2.05, 4.69) is 4.98 Å². The van der Waals surface area contributed by atoms with E-state index in [4.69, 9.17) is 10.00 Å². The van der Waals surface area contributed by atoms with Crippen molar-refractivity contribution in [3.05, 3.63) is 23.2 Å². The lowest BCUT2D eigenvalue weighted by molar-refractivity contribution is 0.419. The molecule has 64 valence electrons. The third-order valence-electron chi connectivity index (χ3n) is 1.70. The van der Waals surface area contributed by atoms with E-state index in [1.807, 2.05) is 24.3 Å². The highest BCUT2D eigenvalue weighted by Gasteiger charge is 2.06. The molecule has 0 radical (unpaired) electrons. The van der Waals surface area contributed by atoms with Gasteiger partial charge in [0.05, 0.1) is 11.8 Å². The minimum absolute atomic E-state index is 0.472. The molecule has 0 aliphatic rings. The topological polar surface area (TPSA) is 45.9 Å². The molecular weight excluding hydrogens is 184 g/mol. The third kappa shape index (κ3) is 1.23. The second kappa shape index (κ2) is 3.04. The molecule has 0 atom stereocenters. The van der Waals surface area contributed by atoms with Gasteiger partial charge in [0.15, 0.2) is 5.01 Å². The van der Waals surface area contributed by atoms with E-state index in [1.54, 1.807) is 7.11 Å². The lowest BCUT2D eigenvalue weighted by Crippen LogP contribution is -1.83. The summed E-state index contributed by atoms with van der Waals surface area (Å²) in [5, 5.41) is 9.13. The molecule has 0 N–H and O–H groups in total. The second-order valence-corrected chi connectivity index (χ2v) is 3.47. The summed E-state index contributed by atoms with van der Waals surface area (Å²) in [5.41, 5.74) is 0.770. The van der Waals surface area contributed by atoms with Crippen LogP contribution >= 0.6 is 11.3 Å². The van der Waals surface area contributed by atoms with Gasteiger partial charge < -0.3 is 4.74 Å². The van der Waals surface area contributed by atoms with E-state index >= 15 is 0 Å². The quantitative estimate of drug-likeness (QED) is 0.692. The predicted molar refractivity (Wildman–Crippen MR) is 50.9 cm³/mol. The van der Waals surface area contributed by atoms with Gasteiger partial charge in [-0.25, -0.2) is 4.98 Å². The second-order valence-electron chi connectivity index (χ2n) is 2.44. The average molecular weight is 190 g/mol. The Morgan fingerprint density at radius 3 is 3.08 bits per heavy atom. The van der Waals surface area contributed by atoms with Crippen molar-refractivity contribution >= 4 is 21.6 Å². The standard InChI is InChI=1S/C9H6N2OS/c1-12-6-3-2-4-7-9(6)11-8(5-10)13-7/h2-4H,1H3. The lowest BCUT2D eigenvalue weighted by Gasteiger charge is -1.97. The van der Waals surface area contributed by atoms with Crippen molar-refractivity contribution in [1.29, 1.82) is 5.26 Å². The fourth-order valence-corrected chi connectivity index (χ4v) is 1.92. The zero-order valence-electron chi connectivity index (χ0n) is 6.94. The highest BCUT2D eigenvalue weighted by molar-refractivity contribution is 7.19. The molecule has 0 amide bonds. The van der Waals surface area contributed by atoms with Gasteiger partial charge in [-0.15, -0.1) is 11.3 Å². The van der Waals surface area contributed by atoms with Crippen LogP contribution in [0.25, 0.3) is 10.2 Å². The van der Waals surface area contributed by atoms with Gasteiger partial charge in [-0.2, -0.15) is 5.26 Å². The molecule has 2 aromatic rings. The Kier molecular flexibility index (Phi) is 1.87. The molecule has 1 heterocycles. The largest absolute Gasteiger partial charge is 0.494 e. The number of para-hydroxylation sites is 1. The Hall–Kier alpha value is -1.60. The number of thiazole rings is 1. The maximum atomic E-state index is 8.66. The summed E-state index contributed by atoms with van der Waals surface area (Å²) in [5.74, 6) is 0.718. The third-order valence-corrected chi connectivity index (χ3v) is 2.62. The van der Waals surface area contributed by atoms with Gasteiger partial charge in [0.1, 0.15) is 17.3 Å². The number of benzene rings is 1. The molecule has 4 heteroatoms. The van der Waals surface area contributed by atoms with Crippen molar-refractivity contribution in [3.63, 3.8) is 0 Å². The zero-order chi connectivity index (χ0) is 9.26. The molecule has 0 aliphatic carbocycles. The maximum absolute atomic E-state index is 8.66. The summed E-state index contributed by atoms with van der Waals surface area (Å²) in [6.45, 7) is 0. The summed E-state index contributed by atoms with van der Waals surface area (Å²) in [6.07, 6.45) is 0. The van der Waals surface area contributed by atoms with Crippen molar-refractivity contribution in [2.24, 2.45) is 0 Å². The summed E-state index contributed by atoms with van der Waals surface area (Å²) >= 11 is 1.37. The van der Waals surface area contributed by atoms with Crippen LogP contribution in [-0.2, 0) is 0 Å². The van der Waals surface area contributed by atoms with E-state index < -0.39 is 0 Å². The van der Waals surface area contributed by atoms with Gasteiger partial charge in [0.25, 0.3) is 0 Å². The van der Waals surface area contributed by atoms with Crippen LogP contribution in [0.4, 0.5) is 0 Å². The van der Waals surface area contributed by atoms with Crippen LogP contribution < -0.4 is 4.74 Å². The first kappa shape index (κ1) is 8.02. The van der Waals surface area contributed by atoms with Gasteiger partial charge in [0.2, 0.25) is 0 Å². The first-order valence-electron chi connectivity index (χ1n) is 3.69. The number of rotatable bonds is 1. The van der Waals surface area contributed by atoms with Gasteiger partial charge in [-0.1, -0.05) is 6.07 Å². The summed E-state index contributed by atoms with van der Waals surface area (Å²) in [6, 6.07) is 7.67. The number of hydrogen-bond donors (Lipinski definition) is 0. The highest BCUT2D eigenvalue weighted by Crippen LogP contribution is 2.28. The molecule has 0 aliphatic heterocycles. The van der Waals surface area contributed by atoms with Crippen LogP contribution in [-0.4, -0.2) is 12.1 Å². The number of ether oxygens (including phenoxy) is 1. The van der Waals surface area contributed by atoms with Gasteiger partial charge >= 0.3 is 0 Å². The molecule has 1 aromatic heterocycles. The molecule has 0 spiro atoms. The monoisotopic (exact) mass is 190 g/mol. The van der Waals surface area contributed by atoms with E-state index in [0.29, 0.717) is 5.01 Å². The predicted octanol–water partition coefficient (Wildman–Crippen LogP) is 2.18. The minimum atomic E-state index is 0.472. The van der Waals surface area contributed by atoms with Crippen molar-refractivity contribution in [3.8, 4) is 11.8 Å². The van der Waals surface area contributed by atoms with Gasteiger partial charge in [-0.05, 0) is 12.1 Å². The molecule has 1 aromatic carbocycles. The fraction of sp³-hybridized carbons (Fsp3) is 0.111. The van der Waals surface area contributed by atoms with E-state index in [1.165, 1.54) is 11.3 Å². The van der Waals surface area contributed by atoms with Crippen LogP contribution in [0.15, 0.2) is 18.2 Å². The smallest absolute Gasteiger partial charge is 0.195 e. The van der Waals surface area contributed by atoms with Crippen molar-refractivity contribution in [1.82, 2.24) is 4.98 Å². The minimum Gasteiger partial charge on any atom is -0.494 e. The highest BCUT2D eigenvalue weighted by atomic mass is 32.1. The maximum Gasteiger partial charge on any atom is 0.195 e. The summed E-state index contributed by atoms with van der Waals surface area (Å²) in [4.78, 5) is 4.13. The van der Waals surface area contributed by atoms with E-state index in [9.17, 15) is 0 Å². The number of nitrogens with zero attached hydrogens (tertiary/aromatic N) is 2. The van der Waals surface area contributed by atoms with E-state index in [0.717, 1.165) is 16.0 Å². The molecule has 0 saturated carbocycles. The first-order chi connectivity index (χ1) is 6.35. The Bertz CT molecular complexity index is 484. The Balaban J connectivity index is 2.76. The Morgan fingerprint density at radius 1 is 1.54 bits per heavy atom. The molecule has 13 heavy (non-hydrogen) atoms. The van der Waals surface area contributed by atoms with Crippen molar-refractivity contribution in [2.75, 3.05) is 7.11 Å². The number of fused-ring (bicyclic) bond motifs is 1. The Morgan fingerprint density at radius 2 is 2.38 bits per heavy atom. The molecule has 0 fully saturated rings. The zero-order valence-corrected chi connectivity index (χ0v) is 7.76. The normalized spacial score (nSPS) is 9.85. The van der Waals surface area contributed by atoms with Crippen LogP contribution in [0.1, 0.15) is 5.01 Å². The molecular formula is C9H6N2OS. The first-order valence-corrected chi connectivity index (χ1v) is 4.50. The SMILES string of the molecule is COc1cccc2sc(C#N)nc12. The molecule has 0 saturated heterocycles. The van der Waals surface area contributed by atoms with E-state index in [-0.39, 0.29) is 0 Å². The van der Waals surface area contributed by atoms with Crippen LogP contribution in [0, 0.1) is 11.3 Å². The van der Waals surface area contributed by atoms with Crippen LogP contribution in [0.5, 0.6) is 5.75 Å². The molecule has 0 unspecified atom stereocenters. The van der Waals surface area contributed by atoms with Crippen molar-refractivity contribution in [2.45, 2.75) is 0 Å². The average Bonchev–Trinajstić information content (AvgIpc) is 2.59. The van der Waals surface area contributed by atoms with Crippen molar-refractivity contribution < 1.29 is 4.74 Å². The summed E-state index contributed by atoms with van der Waals surface area (Å²) < 4.78 is 6.10. The fourth-order valence-electron chi connectivity index (χ4n) is 1.14. The number of nitriles is 1. The van der Waals surface area contributed by atoms with Gasteiger partial charge in [0, 0.05) is 0 Å². The number of aromatic nitrogens is 1. The molecule has 3 nitrogen and oxygen atoms in total. The number of methoxy groups -OCH3 is 1. The molecule has 0 bridgehead atoms. The Labute approximate surface area is 79.2 Å². The lowest BCUT2D eigenvalue weighted by atomic mass is 10.3. The van der Waals surface area contributed by atoms with Gasteiger partial charge in [-0.3, -0.25) is 0 Å². The summed E-state index contributed by atoms with van der Waals surface area (Å²) in [7, 11) is 1.60. The van der Waals surface area contributed by atoms with Crippen LogP contribution in [0.2, 0.25) is 0 Å².